The largest absolute Gasteiger partial charge is 0.383 e. The number of hydrogen-bond acceptors (Lipinski definition) is 4. The van der Waals surface area contributed by atoms with Gasteiger partial charge in [0.25, 0.3) is 0 Å². The van der Waals surface area contributed by atoms with E-state index >= 15 is 0 Å². The first-order valence-electron chi connectivity index (χ1n) is 6.51. The lowest BCUT2D eigenvalue weighted by atomic mass is 10.2. The highest BCUT2D eigenvalue weighted by Gasteiger charge is 2.32. The number of carbonyl (C=O) groups excluding carboxylic acids is 2. The zero-order chi connectivity index (χ0) is 13.0. The summed E-state index contributed by atoms with van der Waals surface area (Å²) in [5.41, 5.74) is 0. The van der Waals surface area contributed by atoms with Crippen molar-refractivity contribution in [3.63, 3.8) is 0 Å². The van der Waals surface area contributed by atoms with Gasteiger partial charge in [0.1, 0.15) is 0 Å². The predicted molar refractivity (Wildman–Crippen MR) is 73.3 cm³/mol. The van der Waals surface area contributed by atoms with E-state index in [1.54, 1.807) is 16.9 Å². The quantitative estimate of drug-likeness (QED) is 0.757. The number of halogens is 1. The normalized spacial score (nSPS) is 23.4. The molecule has 110 valence electrons. The van der Waals surface area contributed by atoms with Crippen LogP contribution in [0.25, 0.3) is 0 Å². The molecular formula is C12H22ClN3O3. The Balaban J connectivity index is 0.00000180. The highest BCUT2D eigenvalue weighted by Crippen LogP contribution is 2.11. The summed E-state index contributed by atoms with van der Waals surface area (Å²) in [5, 5.41) is 3.18. The van der Waals surface area contributed by atoms with Crippen LogP contribution in [-0.4, -0.2) is 74.1 Å². The number of hydrogen-bond donors (Lipinski definition) is 1. The summed E-state index contributed by atoms with van der Waals surface area (Å²) in [6.45, 7) is 3.51. The maximum atomic E-state index is 12.1. The van der Waals surface area contributed by atoms with Crippen molar-refractivity contribution in [1.82, 2.24) is 15.1 Å². The standard InChI is InChI=1S/C12H21N3O3.ClH/c1-18-8-7-14-5-6-15(9-11(14)16)12(17)10-3-2-4-13-10;/h10,13H,2-9H2,1H3;1H. The lowest BCUT2D eigenvalue weighted by Crippen LogP contribution is -2.56. The van der Waals surface area contributed by atoms with Crippen molar-refractivity contribution in [3.8, 4) is 0 Å². The van der Waals surface area contributed by atoms with Crippen molar-refractivity contribution >= 4 is 24.2 Å². The molecule has 2 fully saturated rings. The molecule has 19 heavy (non-hydrogen) atoms. The summed E-state index contributed by atoms with van der Waals surface area (Å²) in [7, 11) is 1.62. The molecule has 2 saturated heterocycles. The number of piperazine rings is 1. The summed E-state index contributed by atoms with van der Waals surface area (Å²) in [6, 6.07) is -0.0803. The number of nitrogens with zero attached hydrogens (tertiary/aromatic N) is 2. The van der Waals surface area contributed by atoms with Gasteiger partial charge < -0.3 is 19.9 Å². The smallest absolute Gasteiger partial charge is 0.242 e. The van der Waals surface area contributed by atoms with Gasteiger partial charge in [-0.15, -0.1) is 12.4 Å². The van der Waals surface area contributed by atoms with Crippen molar-refractivity contribution in [3.05, 3.63) is 0 Å². The maximum absolute atomic E-state index is 12.1. The van der Waals surface area contributed by atoms with Gasteiger partial charge in [0.2, 0.25) is 11.8 Å². The first kappa shape index (κ1) is 16.2. The van der Waals surface area contributed by atoms with E-state index in [9.17, 15) is 9.59 Å². The van der Waals surface area contributed by atoms with Crippen LogP contribution in [-0.2, 0) is 14.3 Å². The molecule has 2 aliphatic heterocycles. The van der Waals surface area contributed by atoms with E-state index in [2.05, 4.69) is 5.32 Å². The summed E-state index contributed by atoms with van der Waals surface area (Å²) in [4.78, 5) is 27.5. The number of methoxy groups -OCH3 is 1. The third kappa shape index (κ3) is 4.06. The fraction of sp³-hybridized carbons (Fsp3) is 0.833. The van der Waals surface area contributed by atoms with Crippen molar-refractivity contribution in [2.75, 3.05) is 46.4 Å². The molecule has 2 rings (SSSR count). The van der Waals surface area contributed by atoms with Crippen LogP contribution >= 0.6 is 12.4 Å². The van der Waals surface area contributed by atoms with Gasteiger partial charge in [0, 0.05) is 26.7 Å². The van der Waals surface area contributed by atoms with E-state index in [0.29, 0.717) is 26.2 Å². The molecule has 0 aliphatic carbocycles. The van der Waals surface area contributed by atoms with Crippen LogP contribution < -0.4 is 5.32 Å². The Hall–Kier alpha value is -0.850. The van der Waals surface area contributed by atoms with Crippen LogP contribution in [0.1, 0.15) is 12.8 Å². The van der Waals surface area contributed by atoms with Gasteiger partial charge in [-0.05, 0) is 19.4 Å². The number of ether oxygens (including phenoxy) is 1. The van der Waals surface area contributed by atoms with Crippen LogP contribution in [0.2, 0.25) is 0 Å². The lowest BCUT2D eigenvalue weighted by molar-refractivity contribution is -0.146. The molecule has 2 aliphatic rings. The summed E-state index contributed by atoms with van der Waals surface area (Å²) in [5.74, 6) is 0.0943. The zero-order valence-electron chi connectivity index (χ0n) is 11.3. The van der Waals surface area contributed by atoms with Crippen molar-refractivity contribution < 1.29 is 14.3 Å². The molecule has 2 amide bonds. The van der Waals surface area contributed by atoms with Crippen molar-refractivity contribution in [2.24, 2.45) is 0 Å². The molecule has 0 aromatic rings. The Morgan fingerprint density at radius 1 is 1.47 bits per heavy atom. The minimum Gasteiger partial charge on any atom is -0.383 e. The first-order chi connectivity index (χ1) is 8.72. The van der Waals surface area contributed by atoms with Gasteiger partial charge in [-0.1, -0.05) is 0 Å². The third-order valence-electron chi connectivity index (χ3n) is 3.55. The summed E-state index contributed by atoms with van der Waals surface area (Å²) in [6.07, 6.45) is 1.93. The Morgan fingerprint density at radius 3 is 2.84 bits per heavy atom. The Kier molecular flexibility index (Phi) is 6.54. The van der Waals surface area contributed by atoms with Crippen LogP contribution in [0, 0.1) is 0 Å². The first-order valence-corrected chi connectivity index (χ1v) is 6.51. The van der Waals surface area contributed by atoms with Gasteiger partial charge in [0.15, 0.2) is 0 Å². The SMILES string of the molecule is COCCN1CCN(C(=O)C2CCCN2)CC1=O.Cl. The molecule has 6 nitrogen and oxygen atoms in total. The minimum absolute atomic E-state index is 0. The zero-order valence-corrected chi connectivity index (χ0v) is 12.1. The lowest BCUT2D eigenvalue weighted by Gasteiger charge is -2.35. The van der Waals surface area contributed by atoms with Crippen molar-refractivity contribution in [2.45, 2.75) is 18.9 Å². The molecule has 0 aromatic carbocycles. The number of carbonyl (C=O) groups is 2. The molecule has 0 bridgehead atoms. The van der Waals surface area contributed by atoms with E-state index in [1.807, 2.05) is 0 Å². The van der Waals surface area contributed by atoms with Gasteiger partial charge in [-0.2, -0.15) is 0 Å². The van der Waals surface area contributed by atoms with E-state index in [-0.39, 0.29) is 36.8 Å². The number of rotatable bonds is 4. The summed E-state index contributed by atoms with van der Waals surface area (Å²) >= 11 is 0. The minimum atomic E-state index is -0.0803. The summed E-state index contributed by atoms with van der Waals surface area (Å²) < 4.78 is 4.96. The van der Waals surface area contributed by atoms with Gasteiger partial charge >= 0.3 is 0 Å². The molecule has 0 radical (unpaired) electrons. The molecular weight excluding hydrogens is 270 g/mol. The molecule has 0 spiro atoms. The second-order valence-electron chi connectivity index (χ2n) is 4.78. The fourth-order valence-electron chi connectivity index (χ4n) is 2.45. The number of amides is 2. The average molecular weight is 292 g/mol. The highest BCUT2D eigenvalue weighted by molar-refractivity contribution is 5.88. The molecule has 0 aromatic heterocycles. The van der Waals surface area contributed by atoms with E-state index in [0.717, 1.165) is 19.4 Å². The highest BCUT2D eigenvalue weighted by atomic mass is 35.5. The van der Waals surface area contributed by atoms with Crippen LogP contribution in [0.15, 0.2) is 0 Å². The van der Waals surface area contributed by atoms with E-state index in [1.165, 1.54) is 0 Å². The second-order valence-corrected chi connectivity index (χ2v) is 4.78. The number of nitrogens with one attached hydrogen (secondary N) is 1. The maximum Gasteiger partial charge on any atom is 0.242 e. The molecule has 1 atom stereocenters. The Labute approximate surface area is 119 Å². The van der Waals surface area contributed by atoms with Gasteiger partial charge in [-0.25, -0.2) is 0 Å². The second kappa shape index (κ2) is 7.67. The topological polar surface area (TPSA) is 61.9 Å². The monoisotopic (exact) mass is 291 g/mol. The Bertz CT molecular complexity index is 321. The predicted octanol–water partition coefficient (Wildman–Crippen LogP) is -0.523. The molecule has 1 N–H and O–H groups in total. The van der Waals surface area contributed by atoms with Gasteiger partial charge in [0.05, 0.1) is 19.2 Å². The van der Waals surface area contributed by atoms with Crippen LogP contribution in [0.4, 0.5) is 0 Å². The van der Waals surface area contributed by atoms with E-state index < -0.39 is 0 Å². The van der Waals surface area contributed by atoms with Crippen molar-refractivity contribution in [1.29, 1.82) is 0 Å². The average Bonchev–Trinajstić information content (AvgIpc) is 2.90. The van der Waals surface area contributed by atoms with Crippen LogP contribution in [0.5, 0.6) is 0 Å². The molecule has 0 saturated carbocycles. The third-order valence-corrected chi connectivity index (χ3v) is 3.55. The molecule has 7 heteroatoms. The molecule has 2 heterocycles. The van der Waals surface area contributed by atoms with Gasteiger partial charge in [-0.3, -0.25) is 9.59 Å². The van der Waals surface area contributed by atoms with E-state index in [4.69, 9.17) is 4.74 Å². The molecule has 1 unspecified atom stereocenters. The van der Waals surface area contributed by atoms with Crippen LogP contribution in [0.3, 0.4) is 0 Å². The fourth-order valence-corrected chi connectivity index (χ4v) is 2.45. The Morgan fingerprint density at radius 2 is 2.26 bits per heavy atom.